The molecule has 2 heterocycles. The highest BCUT2D eigenvalue weighted by Crippen LogP contribution is 2.29. The summed E-state index contributed by atoms with van der Waals surface area (Å²) in [5, 5.41) is 5.27. The van der Waals surface area contributed by atoms with E-state index in [9.17, 15) is 4.79 Å². The molecule has 1 amide bonds. The smallest absolute Gasteiger partial charge is 0.220 e. The van der Waals surface area contributed by atoms with Gasteiger partial charge in [0.05, 0.1) is 6.04 Å². The number of amides is 1. The average molecular weight is 308 g/mol. The van der Waals surface area contributed by atoms with Gasteiger partial charge in [-0.25, -0.2) is 0 Å². The zero-order valence-electron chi connectivity index (χ0n) is 13.5. The lowest BCUT2D eigenvalue weighted by Gasteiger charge is -2.36. The Bertz CT molecular complexity index is 422. The Morgan fingerprint density at radius 1 is 1.43 bits per heavy atom. The van der Waals surface area contributed by atoms with Crippen molar-refractivity contribution in [1.82, 2.24) is 10.2 Å². The van der Waals surface area contributed by atoms with Crippen molar-refractivity contribution in [2.45, 2.75) is 46.1 Å². The van der Waals surface area contributed by atoms with E-state index < -0.39 is 0 Å². The summed E-state index contributed by atoms with van der Waals surface area (Å²) >= 11 is 1.80. The number of hydrogen-bond donors (Lipinski definition) is 1. The van der Waals surface area contributed by atoms with Gasteiger partial charge in [0.25, 0.3) is 0 Å². The van der Waals surface area contributed by atoms with E-state index in [0.29, 0.717) is 18.4 Å². The van der Waals surface area contributed by atoms with E-state index in [2.05, 4.69) is 48.5 Å². The normalized spacial score (nSPS) is 18.9. The molecule has 1 aromatic rings. The first-order valence-electron chi connectivity index (χ1n) is 8.10. The third-order valence-electron chi connectivity index (χ3n) is 4.22. The summed E-state index contributed by atoms with van der Waals surface area (Å²) in [4.78, 5) is 15.8. The Hall–Kier alpha value is -0.870. The summed E-state index contributed by atoms with van der Waals surface area (Å²) in [6, 6.07) is 4.64. The van der Waals surface area contributed by atoms with E-state index in [1.807, 2.05) is 0 Å². The molecule has 0 aliphatic carbocycles. The summed E-state index contributed by atoms with van der Waals surface area (Å²) in [6.07, 6.45) is 3.15. The first-order valence-corrected chi connectivity index (χ1v) is 8.98. The Balaban J connectivity index is 1.95. The Labute approximate surface area is 132 Å². The van der Waals surface area contributed by atoms with Crippen LogP contribution in [0.3, 0.4) is 0 Å². The molecule has 0 bridgehead atoms. The van der Waals surface area contributed by atoms with Gasteiger partial charge in [0, 0.05) is 17.8 Å². The third kappa shape index (κ3) is 5.11. The van der Waals surface area contributed by atoms with E-state index in [-0.39, 0.29) is 5.91 Å². The molecule has 4 heteroatoms. The number of carbonyl (C=O) groups excluding carboxylic acids is 1. The fraction of sp³-hybridized carbons (Fsp3) is 0.706. The molecule has 0 spiro atoms. The lowest BCUT2D eigenvalue weighted by molar-refractivity contribution is -0.122. The number of likely N-dealkylation sites (tertiary alicyclic amines) is 1. The lowest BCUT2D eigenvalue weighted by Crippen LogP contribution is -2.41. The van der Waals surface area contributed by atoms with Crippen molar-refractivity contribution >= 4 is 17.2 Å². The second kappa shape index (κ2) is 7.95. The Morgan fingerprint density at radius 3 is 2.71 bits per heavy atom. The van der Waals surface area contributed by atoms with Crippen LogP contribution in [0.15, 0.2) is 17.5 Å². The van der Waals surface area contributed by atoms with Gasteiger partial charge in [-0.3, -0.25) is 9.69 Å². The van der Waals surface area contributed by atoms with Crippen LogP contribution in [0.25, 0.3) is 0 Å². The van der Waals surface area contributed by atoms with E-state index >= 15 is 0 Å². The molecular weight excluding hydrogens is 280 g/mol. The molecular formula is C17H28N2OS. The second-order valence-corrected chi connectivity index (χ2v) is 7.63. The van der Waals surface area contributed by atoms with Crippen LogP contribution >= 0.6 is 11.3 Å². The maximum absolute atomic E-state index is 11.9. The van der Waals surface area contributed by atoms with Crippen LogP contribution in [-0.4, -0.2) is 30.4 Å². The third-order valence-corrected chi connectivity index (χ3v) is 5.19. The summed E-state index contributed by atoms with van der Waals surface area (Å²) in [7, 11) is 0. The highest BCUT2D eigenvalue weighted by molar-refractivity contribution is 7.10. The molecule has 118 valence electrons. The summed E-state index contributed by atoms with van der Waals surface area (Å²) < 4.78 is 0. The highest BCUT2D eigenvalue weighted by atomic mass is 32.1. The summed E-state index contributed by atoms with van der Waals surface area (Å²) in [5.74, 6) is 1.43. The summed E-state index contributed by atoms with van der Waals surface area (Å²) in [6.45, 7) is 9.53. The van der Waals surface area contributed by atoms with Gasteiger partial charge in [-0.2, -0.15) is 0 Å². The van der Waals surface area contributed by atoms with Crippen LogP contribution in [0.2, 0.25) is 0 Å². The number of nitrogens with zero attached hydrogens (tertiary/aromatic N) is 1. The number of carbonyl (C=O) groups is 1. The van der Waals surface area contributed by atoms with E-state index in [1.54, 1.807) is 11.3 Å². The molecule has 2 rings (SSSR count). The lowest BCUT2D eigenvalue weighted by atomic mass is 9.97. The molecule has 1 N–H and O–H groups in total. The minimum Gasteiger partial charge on any atom is -0.354 e. The summed E-state index contributed by atoms with van der Waals surface area (Å²) in [5.41, 5.74) is 0. The van der Waals surface area contributed by atoms with Crippen molar-refractivity contribution in [2.24, 2.45) is 11.8 Å². The largest absolute Gasteiger partial charge is 0.354 e. The van der Waals surface area contributed by atoms with Gasteiger partial charge < -0.3 is 5.32 Å². The van der Waals surface area contributed by atoms with Gasteiger partial charge in [0.2, 0.25) is 5.91 Å². The van der Waals surface area contributed by atoms with Crippen molar-refractivity contribution in [3.05, 3.63) is 22.4 Å². The number of nitrogens with one attached hydrogen (secondary N) is 1. The van der Waals surface area contributed by atoms with Crippen molar-refractivity contribution < 1.29 is 4.79 Å². The number of hydrogen-bond acceptors (Lipinski definition) is 3. The van der Waals surface area contributed by atoms with Crippen LogP contribution < -0.4 is 5.32 Å². The van der Waals surface area contributed by atoms with Gasteiger partial charge >= 0.3 is 0 Å². The number of thiophene rings is 1. The van der Waals surface area contributed by atoms with E-state index in [0.717, 1.165) is 25.6 Å². The monoisotopic (exact) mass is 308 g/mol. The quantitative estimate of drug-likeness (QED) is 0.869. The van der Waals surface area contributed by atoms with E-state index in [1.165, 1.54) is 17.7 Å². The minimum atomic E-state index is 0.178. The molecule has 1 saturated heterocycles. The Morgan fingerprint density at radius 2 is 2.14 bits per heavy atom. The van der Waals surface area contributed by atoms with Crippen LogP contribution in [-0.2, 0) is 4.79 Å². The fourth-order valence-electron chi connectivity index (χ4n) is 2.88. The molecule has 1 aliphatic heterocycles. The standard InChI is InChI=1S/C17H28N2OS/c1-13(2)11-17(20)18-12-15(16-5-4-10-21-16)19-8-6-14(3)7-9-19/h4-5,10,13-15H,6-9,11-12H2,1-3H3,(H,18,20). The predicted molar refractivity (Wildman–Crippen MR) is 89.5 cm³/mol. The molecule has 0 saturated carbocycles. The highest BCUT2D eigenvalue weighted by Gasteiger charge is 2.25. The van der Waals surface area contributed by atoms with Crippen LogP contribution in [0.5, 0.6) is 0 Å². The maximum atomic E-state index is 11.9. The second-order valence-electron chi connectivity index (χ2n) is 6.65. The number of rotatable bonds is 6. The van der Waals surface area contributed by atoms with E-state index in [4.69, 9.17) is 0 Å². The fourth-order valence-corrected chi connectivity index (χ4v) is 3.75. The maximum Gasteiger partial charge on any atom is 0.220 e. The van der Waals surface area contributed by atoms with Crippen LogP contribution in [0.4, 0.5) is 0 Å². The molecule has 21 heavy (non-hydrogen) atoms. The molecule has 1 aliphatic rings. The molecule has 1 aromatic heterocycles. The van der Waals surface area contributed by atoms with Crippen molar-refractivity contribution in [3.63, 3.8) is 0 Å². The van der Waals surface area contributed by atoms with Gasteiger partial charge in [0.1, 0.15) is 0 Å². The molecule has 1 atom stereocenters. The molecule has 0 radical (unpaired) electrons. The van der Waals surface area contributed by atoms with Crippen molar-refractivity contribution in [2.75, 3.05) is 19.6 Å². The zero-order valence-corrected chi connectivity index (χ0v) is 14.3. The SMILES string of the molecule is CC(C)CC(=O)NCC(c1cccs1)N1CCC(C)CC1. The van der Waals surface area contributed by atoms with Crippen molar-refractivity contribution in [1.29, 1.82) is 0 Å². The van der Waals surface area contributed by atoms with Gasteiger partial charge in [-0.1, -0.05) is 26.8 Å². The molecule has 3 nitrogen and oxygen atoms in total. The van der Waals surface area contributed by atoms with Gasteiger partial charge in [-0.15, -0.1) is 11.3 Å². The first kappa shape index (κ1) is 16.5. The molecule has 0 aromatic carbocycles. The number of piperidine rings is 1. The molecule has 1 fully saturated rings. The van der Waals surface area contributed by atoms with Crippen LogP contribution in [0, 0.1) is 11.8 Å². The topological polar surface area (TPSA) is 32.3 Å². The average Bonchev–Trinajstić information content (AvgIpc) is 2.94. The van der Waals surface area contributed by atoms with Gasteiger partial charge in [0.15, 0.2) is 0 Å². The zero-order chi connectivity index (χ0) is 15.2. The minimum absolute atomic E-state index is 0.178. The Kier molecular flexibility index (Phi) is 6.24. The molecule has 1 unspecified atom stereocenters. The van der Waals surface area contributed by atoms with Crippen LogP contribution in [0.1, 0.15) is 51.0 Å². The van der Waals surface area contributed by atoms with Crippen molar-refractivity contribution in [3.8, 4) is 0 Å². The first-order chi connectivity index (χ1) is 10.1. The van der Waals surface area contributed by atoms with Gasteiger partial charge in [-0.05, 0) is 49.2 Å². The predicted octanol–water partition coefficient (Wildman–Crippen LogP) is 3.68.